The molecule has 0 saturated carbocycles. The number of hydrogen-bond acceptors (Lipinski definition) is 4. The summed E-state index contributed by atoms with van der Waals surface area (Å²) in [5, 5.41) is 18.4. The minimum absolute atomic E-state index is 0. The molecule has 0 amide bonds. The first-order chi connectivity index (χ1) is 11.5. The van der Waals surface area contributed by atoms with Crippen LogP contribution in [0.4, 0.5) is 0 Å². The zero-order valence-electron chi connectivity index (χ0n) is 16.2. The fourth-order valence-electron chi connectivity index (χ4n) is 4.52. The van der Waals surface area contributed by atoms with Gasteiger partial charge in [0.05, 0.1) is 16.8 Å². The Bertz CT molecular complexity index is 783. The van der Waals surface area contributed by atoms with Gasteiger partial charge in [-0.15, -0.1) is 0 Å². The maximum Gasteiger partial charge on any atom is 1.00 e. The van der Waals surface area contributed by atoms with Crippen LogP contribution < -0.4 is 24.2 Å². The molecule has 2 atom stereocenters. The van der Waals surface area contributed by atoms with Gasteiger partial charge in [0.25, 0.3) is 0 Å². The van der Waals surface area contributed by atoms with Crippen LogP contribution in [0.5, 0.6) is 0 Å². The first-order valence-corrected chi connectivity index (χ1v) is 8.68. The Morgan fingerprint density at radius 1 is 1.32 bits per heavy atom. The first-order valence-electron chi connectivity index (χ1n) is 8.68. The molecule has 0 aliphatic carbocycles. The van der Waals surface area contributed by atoms with Crippen molar-refractivity contribution in [2.75, 3.05) is 7.05 Å². The number of carbonyl (C=O) groups is 1. The molecule has 25 heavy (non-hydrogen) atoms. The molecule has 7 heteroatoms. The predicted octanol–water partition coefficient (Wildman–Crippen LogP) is -0.897. The molecule has 1 aromatic carbocycles. The molecule has 2 aromatic rings. The van der Waals surface area contributed by atoms with Gasteiger partial charge in [-0.3, -0.25) is 4.68 Å². The van der Waals surface area contributed by atoms with Crippen molar-refractivity contribution < 1.29 is 30.2 Å². The van der Waals surface area contributed by atoms with E-state index in [1.54, 1.807) is 16.8 Å². The number of carboxylic acid groups (broad SMARTS) is 1. The summed E-state index contributed by atoms with van der Waals surface area (Å²) in [5.41, 5.74) is 2.03. The monoisotopic (exact) mass is 336 g/mol. The quantitative estimate of drug-likeness (QED) is 0.709. The number of aromatic nitrogens is 2. The molecule has 2 aliphatic rings. The standard InChI is InChI=1S/C18H24N4O2.Li.H/c1-21-12-6-7-13(21)9-11(8-12)19-10-15-17-14(18(23)24)4-3-5-16(17)22(2)20-15;;/h3-5,11-13,19H,6-10H2,1-2H3,(H,23,24);;/q;+1;-1. The second-order valence-corrected chi connectivity index (χ2v) is 7.17. The van der Waals surface area contributed by atoms with E-state index in [0.29, 0.717) is 30.2 Å². The zero-order chi connectivity index (χ0) is 16.8. The topological polar surface area (TPSA) is 70.4 Å². The molecular formula is C18H25LiN4O2. The fourth-order valence-corrected chi connectivity index (χ4v) is 4.52. The van der Waals surface area contributed by atoms with Gasteiger partial charge >= 0.3 is 24.8 Å². The van der Waals surface area contributed by atoms with Crippen LogP contribution in [-0.2, 0) is 13.6 Å². The normalized spacial score (nSPS) is 25.9. The van der Waals surface area contributed by atoms with E-state index >= 15 is 0 Å². The van der Waals surface area contributed by atoms with Gasteiger partial charge in [0.1, 0.15) is 0 Å². The van der Waals surface area contributed by atoms with Gasteiger partial charge in [0, 0.05) is 37.1 Å². The van der Waals surface area contributed by atoms with Crippen LogP contribution in [0.15, 0.2) is 18.2 Å². The van der Waals surface area contributed by atoms with Crippen LogP contribution in [0.1, 0.15) is 43.2 Å². The zero-order valence-corrected chi connectivity index (χ0v) is 15.2. The average molecular weight is 336 g/mol. The van der Waals surface area contributed by atoms with Crippen LogP contribution in [0.2, 0.25) is 0 Å². The van der Waals surface area contributed by atoms with Gasteiger partial charge in [0.2, 0.25) is 0 Å². The molecule has 6 nitrogen and oxygen atoms in total. The van der Waals surface area contributed by atoms with Crippen molar-refractivity contribution in [1.29, 1.82) is 0 Å². The number of fused-ring (bicyclic) bond motifs is 3. The van der Waals surface area contributed by atoms with E-state index in [1.807, 2.05) is 13.1 Å². The molecule has 2 N–H and O–H groups in total. The second-order valence-electron chi connectivity index (χ2n) is 7.17. The Labute approximate surface area is 161 Å². The Morgan fingerprint density at radius 3 is 2.64 bits per heavy atom. The molecule has 2 bridgehead atoms. The SMILES string of the molecule is CN1C2CCC1CC(NCc1nn(C)c3cccc(C(=O)O)c13)C2.[H-].[Li+]. The van der Waals surface area contributed by atoms with E-state index in [1.165, 1.54) is 25.7 Å². The van der Waals surface area contributed by atoms with E-state index in [9.17, 15) is 9.90 Å². The van der Waals surface area contributed by atoms with Crippen molar-refractivity contribution in [1.82, 2.24) is 20.0 Å². The maximum atomic E-state index is 11.5. The first kappa shape index (κ1) is 18.5. The van der Waals surface area contributed by atoms with Gasteiger partial charge in [-0.25, -0.2) is 4.79 Å². The van der Waals surface area contributed by atoms with Crippen molar-refractivity contribution in [3.05, 3.63) is 29.5 Å². The molecule has 2 fully saturated rings. The minimum atomic E-state index is -0.896. The van der Waals surface area contributed by atoms with Crippen molar-refractivity contribution in [3.63, 3.8) is 0 Å². The van der Waals surface area contributed by atoms with E-state index in [4.69, 9.17) is 0 Å². The molecule has 3 heterocycles. The van der Waals surface area contributed by atoms with Gasteiger partial charge < -0.3 is 16.7 Å². The molecule has 0 radical (unpaired) electrons. The number of aromatic carboxylic acids is 1. The van der Waals surface area contributed by atoms with Crippen molar-refractivity contribution in [3.8, 4) is 0 Å². The van der Waals surface area contributed by atoms with Gasteiger partial charge in [-0.2, -0.15) is 5.10 Å². The summed E-state index contributed by atoms with van der Waals surface area (Å²) in [4.78, 5) is 14.1. The third-order valence-electron chi connectivity index (χ3n) is 5.84. The van der Waals surface area contributed by atoms with Crippen molar-refractivity contribution >= 4 is 16.9 Å². The number of hydrogen-bond donors (Lipinski definition) is 2. The number of piperidine rings is 1. The summed E-state index contributed by atoms with van der Waals surface area (Å²) in [5.74, 6) is -0.896. The van der Waals surface area contributed by atoms with Gasteiger partial charge in [0.15, 0.2) is 0 Å². The van der Waals surface area contributed by atoms with Crippen LogP contribution >= 0.6 is 0 Å². The Hall–Kier alpha value is -1.32. The molecule has 2 unspecified atom stereocenters. The molecule has 1 aromatic heterocycles. The van der Waals surface area contributed by atoms with Gasteiger partial charge in [-0.05, 0) is 44.9 Å². The molecule has 4 rings (SSSR count). The number of nitrogens with one attached hydrogen (secondary N) is 1. The Morgan fingerprint density at radius 2 is 2.00 bits per heavy atom. The Balaban J connectivity index is 0.00000121. The van der Waals surface area contributed by atoms with Crippen LogP contribution in [0.3, 0.4) is 0 Å². The number of benzene rings is 1. The van der Waals surface area contributed by atoms with E-state index in [2.05, 4.69) is 22.4 Å². The van der Waals surface area contributed by atoms with Crippen LogP contribution in [-0.4, -0.2) is 50.9 Å². The number of carboxylic acids is 1. The molecule has 130 valence electrons. The predicted molar refractivity (Wildman–Crippen MR) is 93.2 cm³/mol. The van der Waals surface area contributed by atoms with E-state index < -0.39 is 5.97 Å². The number of nitrogens with zero attached hydrogens (tertiary/aromatic N) is 3. The van der Waals surface area contributed by atoms with Crippen LogP contribution in [0, 0.1) is 0 Å². The largest absolute Gasteiger partial charge is 1.00 e. The summed E-state index contributed by atoms with van der Waals surface area (Å²) in [6, 6.07) is 7.24. The molecule has 2 saturated heterocycles. The summed E-state index contributed by atoms with van der Waals surface area (Å²) in [7, 11) is 4.11. The van der Waals surface area contributed by atoms with Crippen LogP contribution in [0.25, 0.3) is 10.9 Å². The average Bonchev–Trinajstić information content (AvgIpc) is 2.97. The number of rotatable bonds is 4. The smallest absolute Gasteiger partial charge is 1.00 e. The third kappa shape index (κ3) is 3.24. The summed E-state index contributed by atoms with van der Waals surface area (Å²) >= 11 is 0. The van der Waals surface area contributed by atoms with E-state index in [-0.39, 0.29) is 20.3 Å². The van der Waals surface area contributed by atoms with E-state index in [0.717, 1.165) is 16.6 Å². The second kappa shape index (κ2) is 7.12. The number of aryl methyl sites for hydroxylation is 1. The summed E-state index contributed by atoms with van der Waals surface area (Å²) < 4.78 is 1.77. The van der Waals surface area contributed by atoms with Crippen molar-refractivity contribution in [2.24, 2.45) is 7.05 Å². The van der Waals surface area contributed by atoms with Crippen molar-refractivity contribution in [2.45, 2.75) is 50.4 Å². The summed E-state index contributed by atoms with van der Waals surface area (Å²) in [6.07, 6.45) is 4.94. The minimum Gasteiger partial charge on any atom is -1.00 e. The Kier molecular flexibility index (Phi) is 5.26. The van der Waals surface area contributed by atoms with Gasteiger partial charge in [-0.1, -0.05) is 6.07 Å². The summed E-state index contributed by atoms with van der Waals surface area (Å²) in [6.45, 7) is 0.620. The molecule has 2 aliphatic heterocycles. The molecule has 0 spiro atoms. The fraction of sp³-hybridized carbons (Fsp3) is 0.556. The maximum absolute atomic E-state index is 11.5. The molecular weight excluding hydrogens is 311 g/mol. The third-order valence-corrected chi connectivity index (χ3v) is 5.84.